The maximum absolute atomic E-state index is 13.5. The van der Waals surface area contributed by atoms with Crippen molar-refractivity contribution in [3.63, 3.8) is 0 Å². The third kappa shape index (κ3) is 2.94. The molecule has 1 N–H and O–H groups in total. The standard InChI is InChI=1S/C22H21N5O2S/c1-27-11-14-15(4-2-5-16(14)25-27)23-21(28)13-10-17(18-6-3-9-30-18)24-22-19(13)20(26-29-22)12-7-8-12/h3,6,9-12,15H,2,4-5,7-8H2,1H3,(H,23,28). The van der Waals surface area contributed by atoms with E-state index in [1.54, 1.807) is 11.3 Å². The number of nitrogens with one attached hydrogen (secondary N) is 1. The summed E-state index contributed by atoms with van der Waals surface area (Å²) < 4.78 is 7.41. The summed E-state index contributed by atoms with van der Waals surface area (Å²) in [7, 11) is 1.93. The lowest BCUT2D eigenvalue weighted by molar-refractivity contribution is 0.0934. The molecule has 0 bridgehead atoms. The van der Waals surface area contributed by atoms with Gasteiger partial charge in [0.25, 0.3) is 11.6 Å². The molecule has 0 aromatic carbocycles. The largest absolute Gasteiger partial charge is 0.345 e. The van der Waals surface area contributed by atoms with Crippen LogP contribution in [-0.2, 0) is 13.5 Å². The number of aromatic nitrogens is 4. The van der Waals surface area contributed by atoms with Crippen LogP contribution in [0.25, 0.3) is 21.7 Å². The van der Waals surface area contributed by atoms with Gasteiger partial charge in [-0.15, -0.1) is 11.3 Å². The van der Waals surface area contributed by atoms with Gasteiger partial charge in [-0.05, 0) is 49.6 Å². The van der Waals surface area contributed by atoms with E-state index in [0.717, 1.165) is 65.0 Å². The van der Waals surface area contributed by atoms with Crippen molar-refractivity contribution < 1.29 is 9.32 Å². The lowest BCUT2D eigenvalue weighted by atomic mass is 9.93. The van der Waals surface area contributed by atoms with Crippen molar-refractivity contribution >= 4 is 28.3 Å². The lowest BCUT2D eigenvalue weighted by Gasteiger charge is -2.23. The Morgan fingerprint density at radius 1 is 1.33 bits per heavy atom. The highest BCUT2D eigenvalue weighted by atomic mass is 32.1. The third-order valence-corrected chi connectivity index (χ3v) is 6.87. The molecule has 7 nitrogen and oxygen atoms in total. The van der Waals surface area contributed by atoms with E-state index in [0.29, 0.717) is 17.2 Å². The number of carbonyl (C=O) groups excluding carboxylic acids is 1. The third-order valence-electron chi connectivity index (χ3n) is 5.98. The van der Waals surface area contributed by atoms with Crippen LogP contribution in [0.2, 0.25) is 0 Å². The Kier molecular flexibility index (Phi) is 4.02. The number of rotatable bonds is 4. The molecule has 4 aromatic heterocycles. The molecule has 8 heteroatoms. The zero-order valence-corrected chi connectivity index (χ0v) is 17.4. The van der Waals surface area contributed by atoms with Crippen molar-refractivity contribution in [3.05, 3.63) is 52.3 Å². The molecule has 1 saturated carbocycles. The first kappa shape index (κ1) is 17.8. The zero-order chi connectivity index (χ0) is 20.2. The number of amides is 1. The molecule has 0 saturated heterocycles. The van der Waals surface area contributed by atoms with Gasteiger partial charge in [-0.3, -0.25) is 9.48 Å². The number of carbonyl (C=O) groups is 1. The van der Waals surface area contributed by atoms with Crippen molar-refractivity contribution in [1.82, 2.24) is 25.2 Å². The summed E-state index contributed by atoms with van der Waals surface area (Å²) in [6.07, 6.45) is 7.07. The smallest absolute Gasteiger partial charge is 0.259 e. The minimum Gasteiger partial charge on any atom is -0.345 e. The number of aryl methyl sites for hydroxylation is 2. The summed E-state index contributed by atoms with van der Waals surface area (Å²) in [5.41, 5.74) is 4.85. The van der Waals surface area contributed by atoms with Crippen LogP contribution in [0.15, 0.2) is 34.3 Å². The molecule has 2 aliphatic rings. The molecule has 30 heavy (non-hydrogen) atoms. The molecule has 1 amide bonds. The van der Waals surface area contributed by atoms with E-state index in [4.69, 9.17) is 4.52 Å². The van der Waals surface area contributed by atoms with Crippen molar-refractivity contribution in [2.75, 3.05) is 0 Å². The van der Waals surface area contributed by atoms with E-state index in [9.17, 15) is 4.79 Å². The summed E-state index contributed by atoms with van der Waals surface area (Å²) in [4.78, 5) is 19.2. The maximum atomic E-state index is 13.5. The Bertz CT molecular complexity index is 1250. The van der Waals surface area contributed by atoms with Gasteiger partial charge < -0.3 is 9.84 Å². The fraction of sp³-hybridized carbons (Fsp3) is 0.364. The molecule has 1 atom stereocenters. The fourth-order valence-corrected chi connectivity index (χ4v) is 5.08. The average Bonchev–Trinajstić information content (AvgIpc) is 3.15. The highest BCUT2D eigenvalue weighted by Gasteiger charge is 2.33. The van der Waals surface area contributed by atoms with Gasteiger partial charge in [0.15, 0.2) is 0 Å². The van der Waals surface area contributed by atoms with Gasteiger partial charge in [0.2, 0.25) is 0 Å². The Morgan fingerprint density at radius 3 is 3.03 bits per heavy atom. The molecule has 1 fully saturated rings. The van der Waals surface area contributed by atoms with Gasteiger partial charge in [0.1, 0.15) is 0 Å². The van der Waals surface area contributed by atoms with Gasteiger partial charge in [-0.25, -0.2) is 4.98 Å². The minimum atomic E-state index is -0.105. The SMILES string of the molecule is Cn1cc2c(n1)CCCC2NC(=O)c1cc(-c2cccs2)nc2onc(C3CC3)c12. The number of hydrogen-bond acceptors (Lipinski definition) is 6. The second-order valence-electron chi connectivity index (χ2n) is 8.18. The monoisotopic (exact) mass is 419 g/mol. The average molecular weight is 420 g/mol. The summed E-state index contributed by atoms with van der Waals surface area (Å²) in [6.45, 7) is 0. The lowest BCUT2D eigenvalue weighted by Crippen LogP contribution is -2.31. The van der Waals surface area contributed by atoms with Gasteiger partial charge in [-0.1, -0.05) is 11.2 Å². The number of pyridine rings is 1. The van der Waals surface area contributed by atoms with E-state index in [2.05, 4.69) is 20.6 Å². The quantitative estimate of drug-likeness (QED) is 0.531. The molecule has 1 unspecified atom stereocenters. The van der Waals surface area contributed by atoms with E-state index in [-0.39, 0.29) is 11.9 Å². The topological polar surface area (TPSA) is 85.8 Å². The van der Waals surface area contributed by atoms with Crippen LogP contribution in [0.4, 0.5) is 0 Å². The number of fused-ring (bicyclic) bond motifs is 2. The molecule has 4 heterocycles. The van der Waals surface area contributed by atoms with Crippen molar-refractivity contribution in [2.24, 2.45) is 7.05 Å². The van der Waals surface area contributed by atoms with Gasteiger partial charge in [-0.2, -0.15) is 5.10 Å². The second kappa shape index (κ2) is 6.77. The Labute approximate surface area is 177 Å². The van der Waals surface area contributed by atoms with Crippen LogP contribution in [0, 0.1) is 0 Å². The molecular formula is C22H21N5O2S. The van der Waals surface area contributed by atoms with E-state index in [1.165, 1.54) is 0 Å². The summed E-state index contributed by atoms with van der Waals surface area (Å²) in [5, 5.41) is 14.9. The van der Waals surface area contributed by atoms with Crippen LogP contribution in [-0.4, -0.2) is 25.8 Å². The van der Waals surface area contributed by atoms with Crippen molar-refractivity contribution in [1.29, 1.82) is 0 Å². The van der Waals surface area contributed by atoms with Crippen LogP contribution in [0.5, 0.6) is 0 Å². The van der Waals surface area contributed by atoms with Crippen LogP contribution in [0.1, 0.15) is 65.0 Å². The predicted molar refractivity (Wildman–Crippen MR) is 113 cm³/mol. The zero-order valence-electron chi connectivity index (χ0n) is 16.6. The summed E-state index contributed by atoms with van der Waals surface area (Å²) in [6, 6.07) is 5.84. The first-order valence-electron chi connectivity index (χ1n) is 10.3. The molecule has 4 aromatic rings. The van der Waals surface area contributed by atoms with E-state index >= 15 is 0 Å². The molecule has 152 valence electrons. The molecule has 2 aliphatic carbocycles. The fourth-order valence-electron chi connectivity index (χ4n) is 4.39. The normalized spacial score (nSPS) is 18.5. The molecule has 6 rings (SSSR count). The molecule has 0 spiro atoms. The van der Waals surface area contributed by atoms with Crippen LogP contribution in [0.3, 0.4) is 0 Å². The Hall–Kier alpha value is -3.00. The van der Waals surface area contributed by atoms with Gasteiger partial charge >= 0.3 is 0 Å². The number of thiophene rings is 1. The molecule has 0 aliphatic heterocycles. The highest BCUT2D eigenvalue weighted by Crippen LogP contribution is 2.44. The Balaban J connectivity index is 1.43. The highest BCUT2D eigenvalue weighted by molar-refractivity contribution is 7.13. The predicted octanol–water partition coefficient (Wildman–Crippen LogP) is 4.37. The van der Waals surface area contributed by atoms with Gasteiger partial charge in [0.05, 0.1) is 39.0 Å². The Morgan fingerprint density at radius 2 is 2.23 bits per heavy atom. The second-order valence-corrected chi connectivity index (χ2v) is 9.13. The molecular weight excluding hydrogens is 398 g/mol. The van der Waals surface area contributed by atoms with Crippen LogP contribution < -0.4 is 5.32 Å². The number of nitrogens with zero attached hydrogens (tertiary/aromatic N) is 4. The van der Waals surface area contributed by atoms with Crippen LogP contribution >= 0.6 is 11.3 Å². The maximum Gasteiger partial charge on any atom is 0.259 e. The summed E-state index contributed by atoms with van der Waals surface area (Å²) in [5.74, 6) is 0.263. The first-order chi connectivity index (χ1) is 14.7. The van der Waals surface area contributed by atoms with E-state index in [1.807, 2.05) is 41.5 Å². The first-order valence-corrected chi connectivity index (χ1v) is 11.2. The van der Waals surface area contributed by atoms with Crippen molar-refractivity contribution in [3.8, 4) is 10.6 Å². The van der Waals surface area contributed by atoms with Gasteiger partial charge in [0, 0.05) is 24.7 Å². The van der Waals surface area contributed by atoms with Crippen molar-refractivity contribution in [2.45, 2.75) is 44.1 Å². The number of hydrogen-bond donors (Lipinski definition) is 1. The molecule has 0 radical (unpaired) electrons. The van der Waals surface area contributed by atoms with E-state index < -0.39 is 0 Å². The summed E-state index contributed by atoms with van der Waals surface area (Å²) >= 11 is 1.59. The minimum absolute atomic E-state index is 0.0346.